The Morgan fingerprint density at radius 2 is 2.09 bits per heavy atom. The predicted octanol–water partition coefficient (Wildman–Crippen LogP) is 5.90. The van der Waals surface area contributed by atoms with Crippen LogP contribution in [0.1, 0.15) is 51.9 Å². The van der Waals surface area contributed by atoms with E-state index < -0.39 is 0 Å². The average Bonchev–Trinajstić information content (AvgIpc) is 2.84. The molecule has 2 saturated carbocycles. The lowest BCUT2D eigenvalue weighted by Crippen LogP contribution is -2.41. The largest absolute Gasteiger partial charge is 0.430 e. The van der Waals surface area contributed by atoms with E-state index >= 15 is 0 Å². The van der Waals surface area contributed by atoms with Crippen LogP contribution in [0.15, 0.2) is 35.6 Å². The zero-order valence-corrected chi connectivity index (χ0v) is 14.8. The van der Waals surface area contributed by atoms with E-state index in [9.17, 15) is 0 Å². The van der Waals surface area contributed by atoms with Crippen molar-refractivity contribution in [2.45, 2.75) is 51.9 Å². The summed E-state index contributed by atoms with van der Waals surface area (Å²) in [6.45, 7) is 6.70. The zero-order chi connectivity index (χ0) is 15.3. The molecule has 4 aliphatic rings. The van der Waals surface area contributed by atoms with Crippen molar-refractivity contribution in [1.82, 2.24) is 0 Å². The Balaban J connectivity index is 1.61. The second-order valence-corrected chi connectivity index (χ2v) is 8.53. The van der Waals surface area contributed by atoms with Crippen LogP contribution in [0.3, 0.4) is 0 Å². The molecule has 0 bridgehead atoms. The minimum atomic E-state index is 0.252. The van der Waals surface area contributed by atoms with Gasteiger partial charge in [0.2, 0.25) is 0 Å². The Morgan fingerprint density at radius 3 is 2.91 bits per heavy atom. The number of hydrogen-bond donors (Lipinski definition) is 0. The highest BCUT2D eigenvalue weighted by Crippen LogP contribution is 2.61. The Labute approximate surface area is 139 Å². The molecule has 0 amide bonds. The normalized spacial score (nSPS) is 43.6. The van der Waals surface area contributed by atoms with E-state index in [1.807, 2.05) is 11.8 Å². The van der Waals surface area contributed by atoms with Crippen molar-refractivity contribution in [2.75, 3.05) is 6.26 Å². The van der Waals surface area contributed by atoms with Gasteiger partial charge in [-0.2, -0.15) is 0 Å². The maximum Gasteiger partial charge on any atom is 0.116 e. The summed E-state index contributed by atoms with van der Waals surface area (Å²) in [7, 11) is 0. The molecule has 4 rings (SSSR count). The smallest absolute Gasteiger partial charge is 0.116 e. The van der Waals surface area contributed by atoms with E-state index in [-0.39, 0.29) is 5.41 Å². The summed E-state index contributed by atoms with van der Waals surface area (Å²) < 4.78 is 5.91. The molecule has 0 heterocycles. The van der Waals surface area contributed by atoms with Gasteiger partial charge in [-0.3, -0.25) is 0 Å². The van der Waals surface area contributed by atoms with Crippen molar-refractivity contribution in [1.29, 1.82) is 0 Å². The fraction of sp³-hybridized carbons (Fsp3) is 0.700. The first-order valence-corrected chi connectivity index (χ1v) is 10.1. The van der Waals surface area contributed by atoms with Gasteiger partial charge < -0.3 is 4.18 Å². The van der Waals surface area contributed by atoms with Crippen LogP contribution >= 0.6 is 12.0 Å². The number of allylic oxidation sites excluding steroid dienone is 5. The van der Waals surface area contributed by atoms with E-state index in [1.165, 1.54) is 68.3 Å². The molecule has 0 aromatic carbocycles. The van der Waals surface area contributed by atoms with E-state index in [4.69, 9.17) is 4.18 Å². The molecule has 0 saturated heterocycles. The third kappa shape index (κ3) is 2.13. The minimum Gasteiger partial charge on any atom is -0.430 e. The van der Waals surface area contributed by atoms with E-state index in [0.717, 1.165) is 23.7 Å². The molecule has 5 atom stereocenters. The molecular weight excluding hydrogens is 288 g/mol. The lowest BCUT2D eigenvalue weighted by Gasteiger charge is -2.50. The molecule has 4 aliphatic carbocycles. The minimum absolute atomic E-state index is 0.252. The first kappa shape index (κ1) is 14.9. The molecule has 0 aromatic heterocycles. The van der Waals surface area contributed by atoms with E-state index in [2.05, 4.69) is 25.7 Å². The Morgan fingerprint density at radius 1 is 1.23 bits per heavy atom. The Hall–Kier alpha value is -0.630. The van der Waals surface area contributed by atoms with Crippen LogP contribution in [0, 0.1) is 29.1 Å². The molecule has 5 unspecified atom stereocenters. The van der Waals surface area contributed by atoms with Crippen LogP contribution in [0.25, 0.3) is 0 Å². The van der Waals surface area contributed by atoms with Crippen LogP contribution < -0.4 is 0 Å². The highest BCUT2D eigenvalue weighted by atomic mass is 32.2. The summed E-state index contributed by atoms with van der Waals surface area (Å²) in [4.78, 5) is 0. The van der Waals surface area contributed by atoms with Gasteiger partial charge in [-0.15, -0.1) is 0 Å². The third-order valence-corrected chi connectivity index (χ3v) is 7.34. The molecule has 0 spiro atoms. The van der Waals surface area contributed by atoms with Crippen LogP contribution in [0.2, 0.25) is 0 Å². The molecule has 0 radical (unpaired) electrons. The maximum atomic E-state index is 5.91. The summed E-state index contributed by atoms with van der Waals surface area (Å²) in [5.41, 5.74) is 3.58. The predicted molar refractivity (Wildman–Crippen MR) is 94.3 cm³/mol. The van der Waals surface area contributed by atoms with Gasteiger partial charge in [0.25, 0.3) is 0 Å². The molecular formula is C20H28OS. The molecule has 0 aromatic rings. The van der Waals surface area contributed by atoms with Crippen molar-refractivity contribution in [2.24, 2.45) is 29.1 Å². The standard InChI is InChI=1S/C20H28OS/c1-13-4-6-15-14(12-13)5-7-17-16(15)10-11-20(2)18(17)8-9-19(20)21-22-3/h9-10,14-15,17-18H,1,4-8,11-12H2,2-3H3. The molecule has 120 valence electrons. The molecule has 2 fully saturated rings. The van der Waals surface area contributed by atoms with Gasteiger partial charge in [0.15, 0.2) is 0 Å². The molecule has 0 aliphatic heterocycles. The highest BCUT2D eigenvalue weighted by Gasteiger charge is 2.52. The van der Waals surface area contributed by atoms with Crippen molar-refractivity contribution in [3.8, 4) is 0 Å². The fourth-order valence-electron chi connectivity index (χ4n) is 5.84. The maximum absolute atomic E-state index is 5.91. The first-order valence-electron chi connectivity index (χ1n) is 8.91. The number of rotatable bonds is 2. The first-order chi connectivity index (χ1) is 10.6. The zero-order valence-electron chi connectivity index (χ0n) is 13.9. The molecule has 1 nitrogen and oxygen atoms in total. The van der Waals surface area contributed by atoms with Gasteiger partial charge in [-0.1, -0.05) is 30.7 Å². The lowest BCUT2D eigenvalue weighted by molar-refractivity contribution is 0.0948. The van der Waals surface area contributed by atoms with E-state index in [1.54, 1.807) is 0 Å². The van der Waals surface area contributed by atoms with Gasteiger partial charge in [0.1, 0.15) is 5.76 Å². The monoisotopic (exact) mass is 316 g/mol. The summed E-state index contributed by atoms with van der Waals surface area (Å²) in [5, 5.41) is 0. The molecule has 0 N–H and O–H groups in total. The van der Waals surface area contributed by atoms with Crippen LogP contribution in [-0.4, -0.2) is 6.26 Å². The quantitative estimate of drug-likeness (QED) is 0.463. The average molecular weight is 317 g/mol. The summed E-state index contributed by atoms with van der Waals surface area (Å²) in [6, 6.07) is 0. The summed E-state index contributed by atoms with van der Waals surface area (Å²) in [5.74, 6) is 4.59. The van der Waals surface area contributed by atoms with Crippen molar-refractivity contribution in [3.63, 3.8) is 0 Å². The number of fused-ring (bicyclic) bond motifs is 5. The summed E-state index contributed by atoms with van der Waals surface area (Å²) in [6.07, 6.45) is 16.1. The van der Waals surface area contributed by atoms with Crippen molar-refractivity contribution >= 4 is 12.0 Å². The van der Waals surface area contributed by atoms with Gasteiger partial charge in [0.05, 0.1) is 12.0 Å². The third-order valence-electron chi connectivity index (χ3n) is 6.99. The van der Waals surface area contributed by atoms with Crippen LogP contribution in [0.5, 0.6) is 0 Å². The fourth-order valence-corrected chi connectivity index (χ4v) is 6.28. The topological polar surface area (TPSA) is 9.23 Å². The van der Waals surface area contributed by atoms with Crippen molar-refractivity contribution < 1.29 is 4.18 Å². The van der Waals surface area contributed by atoms with Crippen LogP contribution in [0.4, 0.5) is 0 Å². The van der Waals surface area contributed by atoms with Crippen LogP contribution in [-0.2, 0) is 4.18 Å². The van der Waals surface area contributed by atoms with Crippen molar-refractivity contribution in [3.05, 3.63) is 35.6 Å². The second-order valence-electron chi connectivity index (χ2n) is 8.03. The lowest BCUT2D eigenvalue weighted by atomic mass is 9.54. The van der Waals surface area contributed by atoms with Gasteiger partial charge in [0, 0.05) is 11.7 Å². The van der Waals surface area contributed by atoms with Gasteiger partial charge in [-0.25, -0.2) is 0 Å². The SMILES string of the molecule is C=C1CCC2C3=CCC4(C)C(OSC)=CCC4C3CCC2C1. The highest BCUT2D eigenvalue weighted by molar-refractivity contribution is 7.94. The Bertz CT molecular complexity index is 546. The van der Waals surface area contributed by atoms with Gasteiger partial charge in [-0.05, 0) is 74.7 Å². The van der Waals surface area contributed by atoms with Gasteiger partial charge >= 0.3 is 0 Å². The number of hydrogen-bond acceptors (Lipinski definition) is 2. The second kappa shape index (κ2) is 5.47. The van der Waals surface area contributed by atoms with E-state index in [0.29, 0.717) is 0 Å². The molecule has 22 heavy (non-hydrogen) atoms. The molecule has 2 heteroatoms. The Kier molecular flexibility index (Phi) is 3.71. The summed E-state index contributed by atoms with van der Waals surface area (Å²) >= 11 is 1.50.